The second-order valence-electron chi connectivity index (χ2n) is 11.4. The summed E-state index contributed by atoms with van der Waals surface area (Å²) in [4.78, 5) is 7.60. The van der Waals surface area contributed by atoms with E-state index in [4.69, 9.17) is 12.2 Å². The molecule has 194 valence electrons. The highest BCUT2D eigenvalue weighted by molar-refractivity contribution is 7.80. The Labute approximate surface area is 223 Å². The first-order chi connectivity index (χ1) is 17.5. The van der Waals surface area contributed by atoms with Gasteiger partial charge in [0.1, 0.15) is 0 Å². The van der Waals surface area contributed by atoms with Crippen molar-refractivity contribution in [1.82, 2.24) is 15.1 Å². The molecule has 6 heteroatoms. The van der Waals surface area contributed by atoms with Crippen LogP contribution >= 0.6 is 12.2 Å². The van der Waals surface area contributed by atoms with E-state index in [2.05, 4.69) is 94.0 Å². The van der Waals surface area contributed by atoms with Crippen molar-refractivity contribution in [2.45, 2.75) is 38.1 Å². The van der Waals surface area contributed by atoms with Gasteiger partial charge in [-0.3, -0.25) is 4.90 Å². The lowest BCUT2D eigenvalue weighted by Crippen LogP contribution is -2.58. The fourth-order valence-corrected chi connectivity index (χ4v) is 6.75. The maximum atomic E-state index is 5.60. The summed E-state index contributed by atoms with van der Waals surface area (Å²) in [6.45, 7) is 7.30. The third kappa shape index (κ3) is 6.58. The number of hydrogen-bond acceptors (Lipinski definition) is 4. The fraction of sp³-hybridized carbons (Fsp3) is 0.567. The van der Waals surface area contributed by atoms with Gasteiger partial charge < -0.3 is 20.4 Å². The number of piperidine rings is 4. The third-order valence-electron chi connectivity index (χ3n) is 8.72. The van der Waals surface area contributed by atoms with Gasteiger partial charge in [-0.15, -0.1) is 0 Å². The van der Waals surface area contributed by atoms with Gasteiger partial charge in [-0.25, -0.2) is 0 Å². The Hall–Kier alpha value is -2.15. The van der Waals surface area contributed by atoms with Crippen LogP contribution in [-0.2, 0) is 6.42 Å². The molecular formula is C30H43N5S. The van der Waals surface area contributed by atoms with E-state index in [1.165, 1.54) is 76.1 Å². The molecule has 4 fully saturated rings. The van der Waals surface area contributed by atoms with Crippen molar-refractivity contribution in [3.8, 4) is 0 Å². The lowest BCUT2D eigenvalue weighted by molar-refractivity contribution is -0.0141. The van der Waals surface area contributed by atoms with Gasteiger partial charge in [0.15, 0.2) is 5.11 Å². The van der Waals surface area contributed by atoms with Crippen LogP contribution in [0.15, 0.2) is 54.6 Å². The summed E-state index contributed by atoms with van der Waals surface area (Å²) in [5, 5.41) is 7.58. The van der Waals surface area contributed by atoms with Crippen molar-refractivity contribution in [2.24, 2.45) is 17.8 Å². The van der Waals surface area contributed by atoms with E-state index in [9.17, 15) is 0 Å². The minimum atomic E-state index is 0.604. The zero-order chi connectivity index (χ0) is 24.9. The van der Waals surface area contributed by atoms with E-state index in [1.54, 1.807) is 0 Å². The summed E-state index contributed by atoms with van der Waals surface area (Å²) in [5.41, 5.74) is 3.73. The molecule has 4 atom stereocenters. The SMILES string of the molecule is CN(C)c1ccc(NC(=S)NCC2CC3CCN2CC3CN2CCC(Cc3ccccc3)CC2)cc1. The van der Waals surface area contributed by atoms with E-state index in [-0.39, 0.29) is 0 Å². The summed E-state index contributed by atoms with van der Waals surface area (Å²) >= 11 is 5.60. The van der Waals surface area contributed by atoms with Gasteiger partial charge >= 0.3 is 0 Å². The summed E-state index contributed by atoms with van der Waals surface area (Å²) in [6.07, 6.45) is 6.63. The lowest BCUT2D eigenvalue weighted by atomic mass is 9.75. The second-order valence-corrected chi connectivity index (χ2v) is 11.8. The molecule has 5 nitrogen and oxygen atoms in total. The summed E-state index contributed by atoms with van der Waals surface area (Å²) in [5.74, 6) is 2.55. The zero-order valence-electron chi connectivity index (χ0n) is 22.0. The second kappa shape index (κ2) is 11.9. The van der Waals surface area contributed by atoms with Gasteiger partial charge in [0.05, 0.1) is 0 Å². The third-order valence-corrected chi connectivity index (χ3v) is 8.97. The van der Waals surface area contributed by atoms with Crippen molar-refractivity contribution in [3.05, 3.63) is 60.2 Å². The zero-order valence-corrected chi connectivity index (χ0v) is 22.9. The first-order valence-corrected chi connectivity index (χ1v) is 14.3. The van der Waals surface area contributed by atoms with Crippen LogP contribution < -0.4 is 15.5 Å². The molecule has 36 heavy (non-hydrogen) atoms. The number of likely N-dealkylation sites (tertiary alicyclic amines) is 1. The van der Waals surface area contributed by atoms with Gasteiger partial charge in [-0.1, -0.05) is 30.3 Å². The van der Waals surface area contributed by atoms with E-state index < -0.39 is 0 Å². The van der Waals surface area contributed by atoms with Crippen LogP contribution in [0.3, 0.4) is 0 Å². The van der Waals surface area contributed by atoms with Crippen LogP contribution in [0, 0.1) is 17.8 Å². The number of thiocarbonyl (C=S) groups is 1. The molecule has 2 N–H and O–H groups in total. The maximum absolute atomic E-state index is 5.60. The molecule has 4 heterocycles. The average molecular weight is 506 g/mol. The van der Waals surface area contributed by atoms with Crippen molar-refractivity contribution in [3.63, 3.8) is 0 Å². The Morgan fingerprint density at radius 1 is 0.972 bits per heavy atom. The van der Waals surface area contributed by atoms with Crippen LogP contribution in [0.1, 0.15) is 31.2 Å². The van der Waals surface area contributed by atoms with Crippen molar-refractivity contribution in [1.29, 1.82) is 0 Å². The Morgan fingerprint density at radius 2 is 1.72 bits per heavy atom. The largest absolute Gasteiger partial charge is 0.378 e. The smallest absolute Gasteiger partial charge is 0.170 e. The summed E-state index contributed by atoms with van der Waals surface area (Å²) in [7, 11) is 4.11. The van der Waals surface area contributed by atoms with Gasteiger partial charge in [0.2, 0.25) is 0 Å². The van der Waals surface area contributed by atoms with E-state index >= 15 is 0 Å². The fourth-order valence-electron chi connectivity index (χ4n) is 6.55. The first-order valence-electron chi connectivity index (χ1n) is 13.9. The van der Waals surface area contributed by atoms with Gasteiger partial charge in [0.25, 0.3) is 0 Å². The molecule has 2 bridgehead atoms. The Bertz CT molecular complexity index is 971. The number of fused-ring (bicyclic) bond motifs is 3. The highest BCUT2D eigenvalue weighted by Gasteiger charge is 2.40. The van der Waals surface area contributed by atoms with E-state index in [1.807, 2.05) is 0 Å². The standard InChI is InChI=1S/C30H43N5S/c1-33(2)28-10-8-27(9-11-28)32-30(36)31-20-29-19-25-14-17-35(29)22-26(25)21-34-15-12-24(13-16-34)18-23-6-4-3-5-7-23/h3-11,24-26,29H,12-22H2,1-2H3,(H2,31,32,36). The normalized spacial score (nSPS) is 26.5. The number of anilines is 2. The number of benzene rings is 2. The number of hydrogen-bond donors (Lipinski definition) is 2. The monoisotopic (exact) mass is 505 g/mol. The van der Waals surface area contributed by atoms with Gasteiger partial charge in [-0.05, 0) is 112 Å². The molecule has 2 aromatic rings. The molecule has 0 aliphatic carbocycles. The molecule has 6 rings (SSSR count). The lowest BCUT2D eigenvalue weighted by Gasteiger charge is -2.51. The molecule has 0 spiro atoms. The average Bonchev–Trinajstić information content (AvgIpc) is 2.90. The summed E-state index contributed by atoms with van der Waals surface area (Å²) < 4.78 is 0. The Balaban J connectivity index is 1.03. The Kier molecular flexibility index (Phi) is 8.45. The molecule has 4 aliphatic rings. The van der Waals surface area contributed by atoms with Gasteiger partial charge in [0, 0.05) is 51.1 Å². The molecule has 0 saturated carbocycles. The quantitative estimate of drug-likeness (QED) is 0.506. The molecule has 0 aromatic heterocycles. The first kappa shape index (κ1) is 25.5. The molecule has 0 radical (unpaired) electrons. The molecule has 0 amide bonds. The molecule has 2 aromatic carbocycles. The van der Waals surface area contributed by atoms with Crippen LogP contribution in [0.25, 0.3) is 0 Å². The predicted molar refractivity (Wildman–Crippen MR) is 156 cm³/mol. The maximum Gasteiger partial charge on any atom is 0.170 e. The van der Waals surface area contributed by atoms with Crippen molar-refractivity contribution >= 4 is 28.7 Å². The van der Waals surface area contributed by atoms with Gasteiger partial charge in [-0.2, -0.15) is 0 Å². The number of nitrogens with zero attached hydrogens (tertiary/aromatic N) is 3. The molecule has 4 saturated heterocycles. The number of rotatable bonds is 8. The predicted octanol–water partition coefficient (Wildman–Crippen LogP) is 4.70. The van der Waals surface area contributed by atoms with E-state index in [0.29, 0.717) is 6.04 Å². The van der Waals surface area contributed by atoms with Crippen molar-refractivity contribution in [2.75, 3.05) is 63.6 Å². The number of nitrogens with one attached hydrogen (secondary N) is 2. The summed E-state index contributed by atoms with van der Waals surface area (Å²) in [6, 6.07) is 20.1. The minimum Gasteiger partial charge on any atom is -0.378 e. The van der Waals surface area contributed by atoms with Crippen molar-refractivity contribution < 1.29 is 0 Å². The van der Waals surface area contributed by atoms with Crippen LogP contribution in [0.5, 0.6) is 0 Å². The van der Waals surface area contributed by atoms with Crippen LogP contribution in [-0.4, -0.2) is 74.3 Å². The molecular weight excluding hydrogens is 462 g/mol. The molecule has 4 aliphatic heterocycles. The highest BCUT2D eigenvalue weighted by atomic mass is 32.1. The van der Waals surface area contributed by atoms with E-state index in [0.717, 1.165) is 35.1 Å². The molecule has 4 unspecified atom stereocenters. The Morgan fingerprint density at radius 3 is 2.39 bits per heavy atom. The van der Waals surface area contributed by atoms with Crippen LogP contribution in [0.4, 0.5) is 11.4 Å². The topological polar surface area (TPSA) is 33.8 Å². The van der Waals surface area contributed by atoms with Crippen LogP contribution in [0.2, 0.25) is 0 Å². The minimum absolute atomic E-state index is 0.604. The highest BCUT2D eigenvalue weighted by Crippen LogP contribution is 2.37.